The number of carbonyl (C=O) groups excluding carboxylic acids is 1. The highest BCUT2D eigenvalue weighted by Crippen LogP contribution is 2.33. The number of nitrogens with zero attached hydrogens (tertiary/aromatic N) is 2. The molecule has 1 amide bonds. The van der Waals surface area contributed by atoms with Crippen molar-refractivity contribution in [3.63, 3.8) is 0 Å². The van der Waals surface area contributed by atoms with Gasteiger partial charge in [-0.1, -0.05) is 61.0 Å². The molecular weight excluding hydrogens is 452 g/mol. The van der Waals surface area contributed by atoms with Crippen molar-refractivity contribution in [3.8, 4) is 0 Å². The predicted molar refractivity (Wildman–Crippen MR) is 139 cm³/mol. The number of hydrogen-bond donors (Lipinski definition) is 1. The van der Waals surface area contributed by atoms with Crippen LogP contribution in [0.1, 0.15) is 61.1 Å². The number of hydrogen-bond acceptors (Lipinski definition) is 5. The predicted octanol–water partition coefficient (Wildman–Crippen LogP) is 4.59. The fraction of sp³-hybridized carbons (Fsp3) is 0.500. The first kappa shape index (κ1) is 25.0. The molecule has 0 unspecified atom stereocenters. The Morgan fingerprint density at radius 3 is 2.31 bits per heavy atom. The lowest BCUT2D eigenvalue weighted by Crippen LogP contribution is -2.49. The Morgan fingerprint density at radius 1 is 0.917 bits per heavy atom. The second kappa shape index (κ2) is 12.0. The van der Waals surface area contributed by atoms with Crippen molar-refractivity contribution < 1.29 is 19.4 Å². The number of rotatable bonds is 7. The van der Waals surface area contributed by atoms with Gasteiger partial charge >= 0.3 is 0 Å². The summed E-state index contributed by atoms with van der Waals surface area (Å²) < 4.78 is 12.3. The zero-order valence-electron chi connectivity index (χ0n) is 21.1. The quantitative estimate of drug-likeness (QED) is 0.615. The molecule has 2 fully saturated rings. The van der Waals surface area contributed by atoms with Crippen LogP contribution in [0.4, 0.5) is 0 Å². The van der Waals surface area contributed by atoms with E-state index in [1.54, 1.807) is 0 Å². The minimum absolute atomic E-state index is 0.0198. The van der Waals surface area contributed by atoms with Crippen molar-refractivity contribution in [2.75, 3.05) is 26.2 Å². The second-order valence-corrected chi connectivity index (χ2v) is 10.2. The molecule has 0 spiro atoms. The molecule has 3 aliphatic heterocycles. The molecule has 5 rings (SSSR count). The van der Waals surface area contributed by atoms with Crippen LogP contribution in [0.25, 0.3) is 0 Å². The molecular formula is C30H38N2O4. The van der Waals surface area contributed by atoms with E-state index >= 15 is 0 Å². The highest BCUT2D eigenvalue weighted by molar-refractivity contribution is 5.91. The standard InChI is InChI=1S/C30H38N2O4/c33-21-23-9-11-24(12-10-23)22-35-29-20-26(25-7-3-1-4-8-25)19-28(36-29)30(34)32-17-13-27(14-18-32)31-15-5-2-6-16-31/h1,3-4,7-12,19,26-27,29,33H,2,5-6,13-18,20-22H2/t26-,29+/m1/s1. The second-order valence-electron chi connectivity index (χ2n) is 10.2. The third-order valence-corrected chi connectivity index (χ3v) is 7.80. The largest absolute Gasteiger partial charge is 0.459 e. The Bertz CT molecular complexity index is 1010. The molecule has 2 aromatic rings. The number of allylic oxidation sites excluding steroid dienone is 1. The van der Waals surface area contributed by atoms with Gasteiger partial charge in [0.15, 0.2) is 5.76 Å². The van der Waals surface area contributed by atoms with Gasteiger partial charge in [-0.2, -0.15) is 0 Å². The first-order chi connectivity index (χ1) is 17.7. The van der Waals surface area contributed by atoms with Gasteiger partial charge in [0.05, 0.1) is 13.2 Å². The van der Waals surface area contributed by atoms with Gasteiger partial charge in [-0.05, 0) is 61.5 Å². The van der Waals surface area contributed by atoms with Crippen LogP contribution in [0.5, 0.6) is 0 Å². The molecule has 2 saturated heterocycles. The van der Waals surface area contributed by atoms with E-state index in [9.17, 15) is 9.90 Å². The molecule has 0 radical (unpaired) electrons. The summed E-state index contributed by atoms with van der Waals surface area (Å²) in [6.07, 6.45) is 8.16. The fourth-order valence-electron chi connectivity index (χ4n) is 5.65. The maximum absolute atomic E-state index is 13.5. The van der Waals surface area contributed by atoms with E-state index < -0.39 is 6.29 Å². The Balaban J connectivity index is 1.24. The molecule has 3 heterocycles. The lowest BCUT2D eigenvalue weighted by atomic mass is 9.92. The topological polar surface area (TPSA) is 62.2 Å². The Kier molecular flexibility index (Phi) is 8.36. The fourth-order valence-corrected chi connectivity index (χ4v) is 5.65. The van der Waals surface area contributed by atoms with E-state index in [1.807, 2.05) is 53.4 Å². The first-order valence-electron chi connectivity index (χ1n) is 13.5. The van der Waals surface area contributed by atoms with E-state index in [0.29, 0.717) is 24.8 Å². The molecule has 0 bridgehead atoms. The van der Waals surface area contributed by atoms with Crippen LogP contribution in [0.15, 0.2) is 66.4 Å². The number of aliphatic hydroxyl groups excluding tert-OH is 1. The Labute approximate surface area is 214 Å². The Morgan fingerprint density at radius 2 is 1.61 bits per heavy atom. The highest BCUT2D eigenvalue weighted by Gasteiger charge is 2.33. The number of amides is 1. The Hall–Kier alpha value is -2.67. The molecule has 0 aliphatic carbocycles. The van der Waals surface area contributed by atoms with Crippen LogP contribution in [-0.2, 0) is 27.5 Å². The molecule has 192 valence electrons. The number of ether oxygens (including phenoxy) is 2. The van der Waals surface area contributed by atoms with Crippen LogP contribution >= 0.6 is 0 Å². The van der Waals surface area contributed by atoms with E-state index in [-0.39, 0.29) is 18.4 Å². The van der Waals surface area contributed by atoms with E-state index in [2.05, 4.69) is 17.0 Å². The SMILES string of the molecule is O=C(C1=C[C@@H](c2ccccc2)C[C@@H](OCc2ccc(CO)cc2)O1)N1CCC(N2CCCCC2)CC1. The highest BCUT2D eigenvalue weighted by atomic mass is 16.7. The number of benzene rings is 2. The monoisotopic (exact) mass is 490 g/mol. The minimum atomic E-state index is -0.498. The van der Waals surface area contributed by atoms with Crippen molar-refractivity contribution >= 4 is 5.91 Å². The van der Waals surface area contributed by atoms with Crippen molar-refractivity contribution in [2.24, 2.45) is 0 Å². The summed E-state index contributed by atoms with van der Waals surface area (Å²) >= 11 is 0. The smallest absolute Gasteiger partial charge is 0.288 e. The molecule has 2 aromatic carbocycles. The van der Waals surface area contributed by atoms with Crippen LogP contribution in [0, 0.1) is 0 Å². The minimum Gasteiger partial charge on any atom is -0.459 e. The maximum atomic E-state index is 13.5. The lowest BCUT2D eigenvalue weighted by molar-refractivity contribution is -0.157. The summed E-state index contributed by atoms with van der Waals surface area (Å²) in [4.78, 5) is 18.1. The zero-order chi connectivity index (χ0) is 24.7. The molecule has 0 saturated carbocycles. The number of likely N-dealkylation sites (tertiary alicyclic amines) is 2. The number of carbonyl (C=O) groups is 1. The summed E-state index contributed by atoms with van der Waals surface area (Å²) in [6, 6.07) is 18.6. The normalized spacial score (nSPS) is 23.7. The van der Waals surface area contributed by atoms with Crippen LogP contribution in [-0.4, -0.2) is 59.3 Å². The van der Waals surface area contributed by atoms with Gasteiger partial charge in [0.1, 0.15) is 0 Å². The molecule has 36 heavy (non-hydrogen) atoms. The van der Waals surface area contributed by atoms with Gasteiger partial charge < -0.3 is 24.4 Å². The van der Waals surface area contributed by atoms with Crippen LogP contribution in [0.2, 0.25) is 0 Å². The van der Waals surface area contributed by atoms with Crippen LogP contribution < -0.4 is 0 Å². The third kappa shape index (κ3) is 6.17. The third-order valence-electron chi connectivity index (χ3n) is 7.80. The molecule has 3 aliphatic rings. The molecule has 6 nitrogen and oxygen atoms in total. The summed E-state index contributed by atoms with van der Waals surface area (Å²) in [5.41, 5.74) is 3.04. The number of piperidine rings is 2. The van der Waals surface area contributed by atoms with Crippen molar-refractivity contribution in [1.29, 1.82) is 0 Å². The summed E-state index contributed by atoms with van der Waals surface area (Å²) in [5, 5.41) is 9.27. The van der Waals surface area contributed by atoms with Crippen molar-refractivity contribution in [2.45, 2.75) is 70.0 Å². The summed E-state index contributed by atoms with van der Waals surface area (Å²) in [5.74, 6) is 0.451. The van der Waals surface area contributed by atoms with Gasteiger partial charge in [0.2, 0.25) is 6.29 Å². The van der Waals surface area contributed by atoms with Gasteiger partial charge in [-0.3, -0.25) is 4.79 Å². The molecule has 6 heteroatoms. The zero-order valence-corrected chi connectivity index (χ0v) is 21.1. The van der Waals surface area contributed by atoms with Crippen molar-refractivity contribution in [1.82, 2.24) is 9.80 Å². The average molecular weight is 491 g/mol. The summed E-state index contributed by atoms with van der Waals surface area (Å²) in [7, 11) is 0. The lowest BCUT2D eigenvalue weighted by Gasteiger charge is -2.40. The van der Waals surface area contributed by atoms with Gasteiger partial charge in [-0.15, -0.1) is 0 Å². The van der Waals surface area contributed by atoms with Crippen LogP contribution in [0.3, 0.4) is 0 Å². The van der Waals surface area contributed by atoms with E-state index in [0.717, 1.165) is 42.6 Å². The molecule has 0 aromatic heterocycles. The van der Waals surface area contributed by atoms with Gasteiger partial charge in [0, 0.05) is 31.5 Å². The van der Waals surface area contributed by atoms with E-state index in [1.165, 1.54) is 32.4 Å². The van der Waals surface area contributed by atoms with E-state index in [4.69, 9.17) is 9.47 Å². The van der Waals surface area contributed by atoms with Gasteiger partial charge in [-0.25, -0.2) is 0 Å². The molecule has 1 N–H and O–H groups in total. The summed E-state index contributed by atoms with van der Waals surface area (Å²) in [6.45, 7) is 4.37. The first-order valence-corrected chi connectivity index (χ1v) is 13.5. The van der Waals surface area contributed by atoms with Crippen molar-refractivity contribution in [3.05, 3.63) is 83.1 Å². The number of aliphatic hydroxyl groups is 1. The van der Waals surface area contributed by atoms with Gasteiger partial charge in [0.25, 0.3) is 5.91 Å². The average Bonchev–Trinajstić information content (AvgIpc) is 2.97. The maximum Gasteiger partial charge on any atom is 0.288 e. The molecule has 2 atom stereocenters.